The molecule has 2 saturated heterocycles. The summed E-state index contributed by atoms with van der Waals surface area (Å²) in [5, 5.41) is 3.01. The van der Waals surface area contributed by atoms with Crippen LogP contribution in [0, 0.1) is 17.8 Å². The van der Waals surface area contributed by atoms with Gasteiger partial charge in [-0.25, -0.2) is 4.98 Å². The lowest BCUT2D eigenvalue weighted by molar-refractivity contribution is -0.116. The number of carbonyl (C=O) groups excluding carboxylic acids is 1. The van der Waals surface area contributed by atoms with Crippen LogP contribution in [0.5, 0.6) is 5.88 Å². The third kappa shape index (κ3) is 5.10. The van der Waals surface area contributed by atoms with Crippen molar-refractivity contribution in [2.75, 3.05) is 37.7 Å². The average molecular weight is 435 g/mol. The fourth-order valence-electron chi connectivity index (χ4n) is 4.98. The highest BCUT2D eigenvalue weighted by Gasteiger charge is 2.54. The van der Waals surface area contributed by atoms with Gasteiger partial charge < -0.3 is 19.7 Å². The first-order valence-electron chi connectivity index (χ1n) is 11.6. The number of nitrogens with zero attached hydrogens (tertiary/aromatic N) is 3. The van der Waals surface area contributed by atoms with Gasteiger partial charge in [0.25, 0.3) is 0 Å². The standard InChI is InChI=1S/C25H30N4O3/c30-24(4-3-18-2-1-9-26-15-18)27-11-6-21-22-16-29(17-23(21)22)19-5-10-28-25(14-19)32-20-7-12-31-13-8-20/h1-5,9-10,14-15,20-23H,6-8,11-13,16-17H2,(H,27,30)/b4-3+/t21?,22-,23+. The van der Waals surface area contributed by atoms with Crippen LogP contribution < -0.4 is 15.0 Å². The van der Waals surface area contributed by atoms with Gasteiger partial charge in [0.2, 0.25) is 11.8 Å². The van der Waals surface area contributed by atoms with Gasteiger partial charge >= 0.3 is 0 Å². The highest BCUT2D eigenvalue weighted by Crippen LogP contribution is 2.54. The molecule has 0 bridgehead atoms. The maximum atomic E-state index is 12.0. The summed E-state index contributed by atoms with van der Waals surface area (Å²) in [7, 11) is 0. The van der Waals surface area contributed by atoms with Crippen molar-refractivity contribution in [1.29, 1.82) is 0 Å². The SMILES string of the molecule is O=C(/C=C/c1cccnc1)NCCC1[C@H]2CN(c3ccnc(OC4CCOCC4)c3)C[C@@H]12. The Morgan fingerprint density at radius 1 is 1.22 bits per heavy atom. The monoisotopic (exact) mass is 434 g/mol. The van der Waals surface area contributed by atoms with E-state index >= 15 is 0 Å². The van der Waals surface area contributed by atoms with Crippen molar-refractivity contribution >= 4 is 17.7 Å². The van der Waals surface area contributed by atoms with Gasteiger partial charge in [-0.3, -0.25) is 9.78 Å². The Hall–Kier alpha value is -2.93. The van der Waals surface area contributed by atoms with Crippen LogP contribution in [0.25, 0.3) is 6.08 Å². The largest absolute Gasteiger partial charge is 0.474 e. The second-order valence-corrected chi connectivity index (χ2v) is 8.88. The normalized spacial score (nSPS) is 25.0. The Balaban J connectivity index is 1.04. The number of fused-ring (bicyclic) bond motifs is 1. The van der Waals surface area contributed by atoms with Crippen LogP contribution in [0.4, 0.5) is 5.69 Å². The number of anilines is 1. The molecule has 7 heteroatoms. The van der Waals surface area contributed by atoms with Crippen molar-refractivity contribution in [3.63, 3.8) is 0 Å². The highest BCUT2D eigenvalue weighted by molar-refractivity contribution is 5.91. The summed E-state index contributed by atoms with van der Waals surface area (Å²) < 4.78 is 11.5. The zero-order chi connectivity index (χ0) is 21.8. The summed E-state index contributed by atoms with van der Waals surface area (Å²) in [4.78, 5) is 22.9. The number of pyridine rings is 2. The van der Waals surface area contributed by atoms with Gasteiger partial charge in [0.15, 0.2) is 0 Å². The molecule has 0 aromatic carbocycles. The Labute approximate surface area is 188 Å². The lowest BCUT2D eigenvalue weighted by Gasteiger charge is -2.25. The molecule has 0 radical (unpaired) electrons. The molecule has 2 aromatic rings. The van der Waals surface area contributed by atoms with Crippen molar-refractivity contribution in [3.05, 3.63) is 54.5 Å². The molecular weight excluding hydrogens is 404 g/mol. The number of ether oxygens (including phenoxy) is 2. The van der Waals surface area contributed by atoms with Gasteiger partial charge in [0.1, 0.15) is 6.10 Å². The molecule has 168 valence electrons. The number of hydrogen-bond donors (Lipinski definition) is 1. The van der Waals surface area contributed by atoms with Gasteiger partial charge in [-0.05, 0) is 47.9 Å². The quantitative estimate of drug-likeness (QED) is 0.644. The van der Waals surface area contributed by atoms with Gasteiger partial charge in [-0.15, -0.1) is 0 Å². The Bertz CT molecular complexity index is 933. The van der Waals surface area contributed by atoms with Crippen molar-refractivity contribution < 1.29 is 14.3 Å². The molecule has 1 saturated carbocycles. The van der Waals surface area contributed by atoms with Crippen molar-refractivity contribution in [2.45, 2.75) is 25.4 Å². The van der Waals surface area contributed by atoms with Gasteiger partial charge in [-0.1, -0.05) is 6.07 Å². The molecule has 2 aliphatic heterocycles. The molecule has 1 amide bonds. The summed E-state index contributed by atoms with van der Waals surface area (Å²) in [6.45, 7) is 4.41. The number of hydrogen-bond acceptors (Lipinski definition) is 6. The van der Waals surface area contributed by atoms with Crippen LogP contribution >= 0.6 is 0 Å². The predicted molar refractivity (Wildman–Crippen MR) is 122 cm³/mol. The van der Waals surface area contributed by atoms with Gasteiger partial charge in [0, 0.05) is 68.9 Å². The third-order valence-corrected chi connectivity index (χ3v) is 6.80. The van der Waals surface area contributed by atoms with E-state index in [1.54, 1.807) is 24.5 Å². The molecule has 1 N–H and O–H groups in total. The van der Waals surface area contributed by atoms with Gasteiger partial charge in [-0.2, -0.15) is 0 Å². The molecule has 1 unspecified atom stereocenters. The number of amides is 1. The molecule has 1 aliphatic carbocycles. The summed E-state index contributed by atoms with van der Waals surface area (Å²) in [5.41, 5.74) is 2.12. The van der Waals surface area contributed by atoms with E-state index in [-0.39, 0.29) is 12.0 Å². The van der Waals surface area contributed by atoms with E-state index in [1.807, 2.05) is 18.3 Å². The molecule has 7 nitrogen and oxygen atoms in total. The minimum Gasteiger partial charge on any atom is -0.474 e. The zero-order valence-corrected chi connectivity index (χ0v) is 18.2. The maximum Gasteiger partial charge on any atom is 0.244 e. The fraction of sp³-hybridized carbons (Fsp3) is 0.480. The Morgan fingerprint density at radius 2 is 2.06 bits per heavy atom. The van der Waals surface area contributed by atoms with E-state index in [1.165, 1.54) is 5.69 Å². The second-order valence-electron chi connectivity index (χ2n) is 8.88. The predicted octanol–water partition coefficient (Wildman–Crippen LogP) is 2.94. The van der Waals surface area contributed by atoms with Crippen LogP contribution in [0.1, 0.15) is 24.8 Å². The zero-order valence-electron chi connectivity index (χ0n) is 18.2. The fourth-order valence-corrected chi connectivity index (χ4v) is 4.98. The van der Waals surface area contributed by atoms with Crippen LogP contribution in [-0.2, 0) is 9.53 Å². The minimum absolute atomic E-state index is 0.0462. The second kappa shape index (κ2) is 9.69. The van der Waals surface area contributed by atoms with E-state index in [4.69, 9.17) is 9.47 Å². The van der Waals surface area contributed by atoms with Crippen LogP contribution in [0.15, 0.2) is 48.9 Å². The Kier molecular flexibility index (Phi) is 6.34. The van der Waals surface area contributed by atoms with E-state index in [0.717, 1.165) is 69.5 Å². The van der Waals surface area contributed by atoms with Crippen molar-refractivity contribution in [3.8, 4) is 5.88 Å². The third-order valence-electron chi connectivity index (χ3n) is 6.80. The Morgan fingerprint density at radius 3 is 2.84 bits per heavy atom. The summed E-state index contributed by atoms with van der Waals surface area (Å²) in [5.74, 6) is 2.84. The number of carbonyl (C=O) groups is 1. The molecule has 3 atom stereocenters. The minimum atomic E-state index is -0.0462. The lowest BCUT2D eigenvalue weighted by atomic mass is 10.1. The number of nitrogens with one attached hydrogen (secondary N) is 1. The van der Waals surface area contributed by atoms with E-state index in [0.29, 0.717) is 11.8 Å². The maximum absolute atomic E-state index is 12.0. The van der Waals surface area contributed by atoms with Crippen molar-refractivity contribution in [2.24, 2.45) is 17.8 Å². The molecule has 0 spiro atoms. The molecule has 4 heterocycles. The number of aromatic nitrogens is 2. The van der Waals surface area contributed by atoms with E-state index in [2.05, 4.69) is 32.3 Å². The number of piperidine rings is 1. The first kappa shape index (κ1) is 20.9. The van der Waals surface area contributed by atoms with Crippen molar-refractivity contribution in [1.82, 2.24) is 15.3 Å². The smallest absolute Gasteiger partial charge is 0.244 e. The van der Waals surface area contributed by atoms with E-state index < -0.39 is 0 Å². The molecule has 5 rings (SSSR count). The molecular formula is C25H30N4O3. The van der Waals surface area contributed by atoms with Crippen LogP contribution in [0.3, 0.4) is 0 Å². The molecule has 3 fully saturated rings. The molecule has 2 aromatic heterocycles. The van der Waals surface area contributed by atoms with Crippen LogP contribution in [-0.4, -0.2) is 54.8 Å². The molecule has 32 heavy (non-hydrogen) atoms. The van der Waals surface area contributed by atoms with Gasteiger partial charge in [0.05, 0.1) is 13.2 Å². The summed E-state index contributed by atoms with van der Waals surface area (Å²) in [6, 6.07) is 7.94. The van der Waals surface area contributed by atoms with E-state index in [9.17, 15) is 4.79 Å². The summed E-state index contributed by atoms with van der Waals surface area (Å²) >= 11 is 0. The van der Waals surface area contributed by atoms with Crippen LogP contribution in [0.2, 0.25) is 0 Å². The number of rotatable bonds is 8. The first-order chi connectivity index (χ1) is 15.8. The average Bonchev–Trinajstić information content (AvgIpc) is 3.27. The summed E-state index contributed by atoms with van der Waals surface area (Å²) in [6.07, 6.45) is 11.8. The lowest BCUT2D eigenvalue weighted by Crippen LogP contribution is -2.27. The first-order valence-corrected chi connectivity index (χ1v) is 11.6. The topological polar surface area (TPSA) is 76.6 Å². The molecule has 3 aliphatic rings. The highest BCUT2D eigenvalue weighted by atomic mass is 16.5.